The van der Waals surface area contributed by atoms with Crippen LogP contribution in [0.5, 0.6) is 0 Å². The first-order valence-electron chi connectivity index (χ1n) is 8.06. The molecule has 0 spiro atoms. The highest BCUT2D eigenvalue weighted by atomic mass is 19.1. The molecule has 0 heterocycles. The van der Waals surface area contributed by atoms with Crippen LogP contribution in [-0.4, -0.2) is 12.1 Å². The molecule has 0 amide bonds. The summed E-state index contributed by atoms with van der Waals surface area (Å²) in [6.07, 6.45) is 6.31. The Kier molecular flexibility index (Phi) is 5.59. The molecule has 1 aromatic rings. The van der Waals surface area contributed by atoms with E-state index in [1.165, 1.54) is 37.7 Å². The van der Waals surface area contributed by atoms with Crippen molar-refractivity contribution in [1.82, 2.24) is 5.32 Å². The summed E-state index contributed by atoms with van der Waals surface area (Å²) >= 11 is 0. The molecule has 1 aliphatic rings. The molecular weight excluding hydrogens is 249 g/mol. The molecule has 0 radical (unpaired) electrons. The Bertz CT molecular complexity index is 392. The van der Waals surface area contributed by atoms with Gasteiger partial charge in [-0.3, -0.25) is 0 Å². The van der Waals surface area contributed by atoms with E-state index in [1.54, 1.807) is 12.1 Å². The van der Waals surface area contributed by atoms with Crippen LogP contribution in [0.2, 0.25) is 0 Å². The highest BCUT2D eigenvalue weighted by molar-refractivity contribution is 5.23. The van der Waals surface area contributed by atoms with Gasteiger partial charge < -0.3 is 5.32 Å². The van der Waals surface area contributed by atoms with Crippen LogP contribution in [0.3, 0.4) is 0 Å². The van der Waals surface area contributed by atoms with Gasteiger partial charge in [-0.2, -0.15) is 0 Å². The Labute approximate surface area is 123 Å². The van der Waals surface area contributed by atoms with Crippen LogP contribution >= 0.6 is 0 Å². The maximum atomic E-state index is 12.9. The van der Waals surface area contributed by atoms with Crippen LogP contribution in [-0.2, 0) is 0 Å². The van der Waals surface area contributed by atoms with E-state index >= 15 is 0 Å². The predicted molar refractivity (Wildman–Crippen MR) is 83.4 cm³/mol. The molecular formula is C18H28FN. The van der Waals surface area contributed by atoms with E-state index in [9.17, 15) is 4.39 Å². The van der Waals surface area contributed by atoms with Crippen molar-refractivity contribution in [3.63, 3.8) is 0 Å². The van der Waals surface area contributed by atoms with Gasteiger partial charge in [0.15, 0.2) is 0 Å². The van der Waals surface area contributed by atoms with Crippen LogP contribution in [0, 0.1) is 11.7 Å². The van der Waals surface area contributed by atoms with Crippen molar-refractivity contribution in [3.8, 4) is 0 Å². The van der Waals surface area contributed by atoms with Crippen LogP contribution in [0.1, 0.15) is 64.4 Å². The summed E-state index contributed by atoms with van der Waals surface area (Å²) in [5, 5.41) is 3.73. The van der Waals surface area contributed by atoms with Gasteiger partial charge in [-0.05, 0) is 55.7 Å². The number of halogens is 1. The minimum absolute atomic E-state index is 0.137. The summed E-state index contributed by atoms with van der Waals surface area (Å²) in [5.74, 6) is 1.30. The van der Waals surface area contributed by atoms with Gasteiger partial charge >= 0.3 is 0 Å². The SMILES string of the molecule is CC(C)CCCC(C)NC1CC(c2ccc(F)cc2)C1. The summed E-state index contributed by atoms with van der Waals surface area (Å²) < 4.78 is 12.9. The van der Waals surface area contributed by atoms with Crippen LogP contribution in [0.15, 0.2) is 24.3 Å². The first-order chi connectivity index (χ1) is 9.54. The summed E-state index contributed by atoms with van der Waals surface area (Å²) in [6.45, 7) is 6.88. The molecule has 1 nitrogen and oxygen atoms in total. The maximum absolute atomic E-state index is 12.9. The van der Waals surface area contributed by atoms with Gasteiger partial charge in [-0.1, -0.05) is 38.8 Å². The molecule has 20 heavy (non-hydrogen) atoms. The van der Waals surface area contributed by atoms with Crippen molar-refractivity contribution in [2.24, 2.45) is 5.92 Å². The third kappa shape index (κ3) is 4.59. The lowest BCUT2D eigenvalue weighted by molar-refractivity contribution is 0.262. The van der Waals surface area contributed by atoms with Gasteiger partial charge in [0.05, 0.1) is 0 Å². The van der Waals surface area contributed by atoms with Crippen LogP contribution in [0.4, 0.5) is 4.39 Å². The molecule has 0 aliphatic heterocycles. The van der Waals surface area contributed by atoms with E-state index in [-0.39, 0.29) is 5.82 Å². The molecule has 1 saturated carbocycles. The van der Waals surface area contributed by atoms with Crippen molar-refractivity contribution in [3.05, 3.63) is 35.6 Å². The zero-order chi connectivity index (χ0) is 14.5. The highest BCUT2D eigenvalue weighted by Crippen LogP contribution is 2.37. The fourth-order valence-electron chi connectivity index (χ4n) is 3.08. The van der Waals surface area contributed by atoms with Crippen molar-refractivity contribution in [2.75, 3.05) is 0 Å². The Morgan fingerprint density at radius 2 is 1.75 bits per heavy atom. The largest absolute Gasteiger partial charge is 0.311 e. The van der Waals surface area contributed by atoms with E-state index in [0.29, 0.717) is 18.0 Å². The van der Waals surface area contributed by atoms with Gasteiger partial charge in [0, 0.05) is 12.1 Å². The third-order valence-electron chi connectivity index (χ3n) is 4.42. The molecule has 1 N–H and O–H groups in total. The Hall–Kier alpha value is -0.890. The molecule has 112 valence electrons. The fraction of sp³-hybridized carbons (Fsp3) is 0.667. The maximum Gasteiger partial charge on any atom is 0.123 e. The number of rotatable bonds is 7. The number of benzene rings is 1. The topological polar surface area (TPSA) is 12.0 Å². The standard InChI is InChI=1S/C18H28FN/c1-13(2)5-4-6-14(3)20-18-11-16(12-18)15-7-9-17(19)10-8-15/h7-10,13-14,16,18,20H,4-6,11-12H2,1-3H3. The zero-order valence-electron chi connectivity index (χ0n) is 13.0. The van der Waals surface area contributed by atoms with Gasteiger partial charge in [-0.15, -0.1) is 0 Å². The second-order valence-electron chi connectivity index (χ2n) is 6.81. The number of hydrogen-bond donors (Lipinski definition) is 1. The molecule has 1 fully saturated rings. The fourth-order valence-corrected chi connectivity index (χ4v) is 3.08. The highest BCUT2D eigenvalue weighted by Gasteiger charge is 2.30. The van der Waals surface area contributed by atoms with Crippen molar-refractivity contribution >= 4 is 0 Å². The van der Waals surface area contributed by atoms with Crippen molar-refractivity contribution in [2.45, 2.75) is 70.9 Å². The zero-order valence-corrected chi connectivity index (χ0v) is 13.0. The molecule has 1 aromatic carbocycles. The van der Waals surface area contributed by atoms with Crippen molar-refractivity contribution in [1.29, 1.82) is 0 Å². The molecule has 1 unspecified atom stereocenters. The molecule has 0 saturated heterocycles. The monoisotopic (exact) mass is 277 g/mol. The number of hydrogen-bond acceptors (Lipinski definition) is 1. The summed E-state index contributed by atoms with van der Waals surface area (Å²) in [4.78, 5) is 0. The Morgan fingerprint density at radius 3 is 2.35 bits per heavy atom. The van der Waals surface area contributed by atoms with E-state index in [4.69, 9.17) is 0 Å². The predicted octanol–water partition coefficient (Wildman–Crippen LogP) is 4.88. The third-order valence-corrected chi connectivity index (χ3v) is 4.42. The average Bonchev–Trinajstić information content (AvgIpc) is 2.34. The van der Waals surface area contributed by atoms with E-state index < -0.39 is 0 Å². The van der Waals surface area contributed by atoms with Crippen LogP contribution < -0.4 is 5.32 Å². The smallest absolute Gasteiger partial charge is 0.123 e. The minimum atomic E-state index is -0.137. The lowest BCUT2D eigenvalue weighted by atomic mass is 9.75. The molecule has 1 aliphatic carbocycles. The summed E-state index contributed by atoms with van der Waals surface area (Å²) in [5.41, 5.74) is 1.29. The van der Waals surface area contributed by atoms with Gasteiger partial charge in [0.2, 0.25) is 0 Å². The van der Waals surface area contributed by atoms with Gasteiger partial charge in [0.25, 0.3) is 0 Å². The van der Waals surface area contributed by atoms with E-state index in [0.717, 1.165) is 5.92 Å². The van der Waals surface area contributed by atoms with Gasteiger partial charge in [0.1, 0.15) is 5.82 Å². The van der Waals surface area contributed by atoms with E-state index in [1.807, 2.05) is 12.1 Å². The second kappa shape index (κ2) is 7.21. The first kappa shape index (κ1) is 15.5. The first-order valence-corrected chi connectivity index (χ1v) is 8.06. The normalized spacial score (nSPS) is 23.6. The minimum Gasteiger partial charge on any atom is -0.311 e. The summed E-state index contributed by atoms with van der Waals surface area (Å²) in [6, 6.07) is 8.28. The van der Waals surface area contributed by atoms with E-state index in [2.05, 4.69) is 26.1 Å². The average molecular weight is 277 g/mol. The molecule has 2 rings (SSSR count). The second-order valence-corrected chi connectivity index (χ2v) is 6.81. The summed E-state index contributed by atoms with van der Waals surface area (Å²) in [7, 11) is 0. The Balaban J connectivity index is 1.65. The quantitative estimate of drug-likeness (QED) is 0.749. The van der Waals surface area contributed by atoms with Crippen molar-refractivity contribution < 1.29 is 4.39 Å². The number of nitrogens with one attached hydrogen (secondary N) is 1. The van der Waals surface area contributed by atoms with Gasteiger partial charge in [-0.25, -0.2) is 4.39 Å². The van der Waals surface area contributed by atoms with Crippen LogP contribution in [0.25, 0.3) is 0 Å². The molecule has 0 bridgehead atoms. The molecule has 2 heteroatoms. The molecule has 1 atom stereocenters. The lowest BCUT2D eigenvalue weighted by Crippen LogP contribution is -2.44. The lowest BCUT2D eigenvalue weighted by Gasteiger charge is -2.38. The Morgan fingerprint density at radius 1 is 1.10 bits per heavy atom. The molecule has 0 aromatic heterocycles.